The van der Waals surface area contributed by atoms with Gasteiger partial charge in [-0.1, -0.05) is 73.5 Å². The molecule has 136 valence electrons. The van der Waals surface area contributed by atoms with Gasteiger partial charge in [0.25, 0.3) is 0 Å². The highest BCUT2D eigenvalue weighted by Crippen LogP contribution is 2.59. The third-order valence-corrected chi connectivity index (χ3v) is 6.83. The average molecular weight is 366 g/mol. The summed E-state index contributed by atoms with van der Waals surface area (Å²) in [5.74, 6) is 1.72. The van der Waals surface area contributed by atoms with Crippen molar-refractivity contribution in [2.24, 2.45) is 17.3 Å². The van der Waals surface area contributed by atoms with Crippen molar-refractivity contribution >= 4 is 11.6 Å². The fraction of sp³-hybridized carbons (Fsp3) is 0.417. The fourth-order valence-corrected chi connectivity index (χ4v) is 5.00. The third kappa shape index (κ3) is 3.35. The number of nitrogens with zero attached hydrogens (tertiary/aromatic N) is 1. The van der Waals surface area contributed by atoms with E-state index in [9.17, 15) is 0 Å². The summed E-state index contributed by atoms with van der Waals surface area (Å²) < 4.78 is 0. The van der Waals surface area contributed by atoms with Crippen molar-refractivity contribution in [1.82, 2.24) is 4.90 Å². The number of likely N-dealkylation sites (N-methyl/N-ethyl adjacent to an activating group) is 1. The minimum Gasteiger partial charge on any atom is -0.298 e. The topological polar surface area (TPSA) is 3.24 Å². The number of fused-ring (bicyclic) bond motifs is 1. The number of benzene rings is 2. The van der Waals surface area contributed by atoms with Crippen LogP contribution in [0, 0.1) is 17.3 Å². The van der Waals surface area contributed by atoms with Gasteiger partial charge in [0.1, 0.15) is 0 Å². The van der Waals surface area contributed by atoms with Crippen molar-refractivity contribution in [2.75, 3.05) is 13.6 Å². The number of hydrogen-bond donors (Lipinski definition) is 0. The highest BCUT2D eigenvalue weighted by atomic mass is 35.5. The Labute approximate surface area is 162 Å². The molecule has 0 amide bonds. The molecule has 0 aromatic heterocycles. The van der Waals surface area contributed by atoms with Gasteiger partial charge in [0, 0.05) is 18.1 Å². The summed E-state index contributed by atoms with van der Waals surface area (Å²) in [6.07, 6.45) is 5.20. The molecule has 0 spiro atoms. The lowest BCUT2D eigenvalue weighted by Crippen LogP contribution is -2.49. The number of halogens is 1. The van der Waals surface area contributed by atoms with E-state index >= 15 is 0 Å². The van der Waals surface area contributed by atoms with E-state index in [2.05, 4.69) is 62.2 Å². The Morgan fingerprint density at radius 1 is 1.04 bits per heavy atom. The molecule has 3 aliphatic rings. The molecule has 0 radical (unpaired) electrons. The van der Waals surface area contributed by atoms with Gasteiger partial charge in [0.05, 0.1) is 0 Å². The van der Waals surface area contributed by atoms with Crippen molar-refractivity contribution in [1.29, 1.82) is 0 Å². The Kier molecular flexibility index (Phi) is 4.71. The van der Waals surface area contributed by atoms with Crippen molar-refractivity contribution < 1.29 is 0 Å². The second kappa shape index (κ2) is 6.87. The van der Waals surface area contributed by atoms with E-state index < -0.39 is 0 Å². The van der Waals surface area contributed by atoms with E-state index in [1.165, 1.54) is 29.5 Å². The maximum atomic E-state index is 6.11. The maximum absolute atomic E-state index is 6.11. The molecule has 1 fully saturated rings. The summed E-state index contributed by atoms with van der Waals surface area (Å²) >= 11 is 6.11. The molecule has 5 rings (SSSR count). The molecule has 0 aliphatic heterocycles. The van der Waals surface area contributed by atoms with Crippen LogP contribution in [0.4, 0.5) is 0 Å². The number of rotatable bonds is 5. The standard InChI is InChI=1S/C24H28ClN/c1-24(2)21-12-11-20(23(24)14-21)16-26(3)15-17-7-9-18(10-8-17)19-5-4-6-22(25)13-19/h4-11,13,21,23H,12,14-16H2,1-3H3/t21-,23-/m0/s1. The molecule has 0 heterocycles. The van der Waals surface area contributed by atoms with Gasteiger partial charge in [-0.25, -0.2) is 0 Å². The molecule has 2 atom stereocenters. The lowest BCUT2D eigenvalue weighted by molar-refractivity contribution is -0.0101. The van der Waals surface area contributed by atoms with Crippen LogP contribution in [0.5, 0.6) is 0 Å². The van der Waals surface area contributed by atoms with Crippen molar-refractivity contribution in [3.8, 4) is 11.1 Å². The first-order chi connectivity index (χ1) is 12.4. The van der Waals surface area contributed by atoms with Gasteiger partial charge in [-0.2, -0.15) is 0 Å². The van der Waals surface area contributed by atoms with Gasteiger partial charge < -0.3 is 0 Å². The molecule has 0 N–H and O–H groups in total. The average Bonchev–Trinajstić information content (AvgIpc) is 2.62. The molecule has 2 aromatic rings. The molecule has 0 saturated heterocycles. The van der Waals surface area contributed by atoms with E-state index in [1.807, 2.05) is 18.2 Å². The Hall–Kier alpha value is -1.57. The first-order valence-electron chi connectivity index (χ1n) is 9.66. The van der Waals surface area contributed by atoms with Crippen molar-refractivity contribution in [3.63, 3.8) is 0 Å². The Morgan fingerprint density at radius 3 is 2.46 bits per heavy atom. The van der Waals surface area contributed by atoms with E-state index in [1.54, 1.807) is 5.57 Å². The lowest BCUT2D eigenvalue weighted by atomic mass is 9.49. The van der Waals surface area contributed by atoms with E-state index in [-0.39, 0.29) is 0 Å². The SMILES string of the molecule is CN(CC1=CC[C@H]2C[C@@H]1C2(C)C)Cc1ccc(-c2cccc(Cl)c2)cc1. The minimum atomic E-state index is 0.517. The fourth-order valence-electron chi connectivity index (χ4n) is 4.81. The number of hydrogen-bond acceptors (Lipinski definition) is 1. The highest BCUT2D eigenvalue weighted by molar-refractivity contribution is 6.30. The molecule has 0 unspecified atom stereocenters. The molecule has 1 saturated carbocycles. The van der Waals surface area contributed by atoms with Crippen LogP contribution in [0.2, 0.25) is 5.02 Å². The molecular weight excluding hydrogens is 338 g/mol. The van der Waals surface area contributed by atoms with Gasteiger partial charge >= 0.3 is 0 Å². The van der Waals surface area contributed by atoms with E-state index in [4.69, 9.17) is 11.6 Å². The zero-order chi connectivity index (χ0) is 18.3. The highest BCUT2D eigenvalue weighted by Gasteiger charge is 2.50. The molecule has 26 heavy (non-hydrogen) atoms. The largest absolute Gasteiger partial charge is 0.298 e. The molecule has 1 nitrogen and oxygen atoms in total. The quantitative estimate of drug-likeness (QED) is 0.551. The second-order valence-corrected chi connectivity index (χ2v) is 9.14. The van der Waals surface area contributed by atoms with Crippen LogP contribution in [0.15, 0.2) is 60.2 Å². The van der Waals surface area contributed by atoms with Gasteiger partial charge in [0.15, 0.2) is 0 Å². The Morgan fingerprint density at radius 2 is 1.81 bits per heavy atom. The van der Waals surface area contributed by atoms with E-state index in [0.717, 1.165) is 29.9 Å². The second-order valence-electron chi connectivity index (χ2n) is 8.70. The van der Waals surface area contributed by atoms with Gasteiger partial charge in [0.2, 0.25) is 0 Å². The summed E-state index contributed by atoms with van der Waals surface area (Å²) in [6.45, 7) is 6.99. The summed E-state index contributed by atoms with van der Waals surface area (Å²) in [6, 6.07) is 16.9. The van der Waals surface area contributed by atoms with Gasteiger partial charge in [-0.15, -0.1) is 0 Å². The van der Waals surface area contributed by atoms with E-state index in [0.29, 0.717) is 5.41 Å². The summed E-state index contributed by atoms with van der Waals surface area (Å²) in [4.78, 5) is 2.45. The maximum Gasteiger partial charge on any atom is 0.0412 e. The smallest absolute Gasteiger partial charge is 0.0412 e. The summed E-state index contributed by atoms with van der Waals surface area (Å²) in [7, 11) is 2.24. The predicted octanol–water partition coefficient (Wildman–Crippen LogP) is 6.43. The molecule has 3 aliphatic carbocycles. The van der Waals surface area contributed by atoms with Crippen LogP contribution in [-0.4, -0.2) is 18.5 Å². The summed E-state index contributed by atoms with van der Waals surface area (Å²) in [5, 5.41) is 0.785. The summed E-state index contributed by atoms with van der Waals surface area (Å²) in [5.41, 5.74) is 5.93. The predicted molar refractivity (Wildman–Crippen MR) is 111 cm³/mol. The lowest BCUT2D eigenvalue weighted by Gasteiger charge is -2.57. The van der Waals surface area contributed by atoms with Crippen LogP contribution < -0.4 is 0 Å². The van der Waals surface area contributed by atoms with Crippen molar-refractivity contribution in [3.05, 3.63) is 70.8 Å². The van der Waals surface area contributed by atoms with Crippen molar-refractivity contribution in [2.45, 2.75) is 33.2 Å². The number of allylic oxidation sites excluding steroid dienone is 1. The minimum absolute atomic E-state index is 0.517. The zero-order valence-corrected chi connectivity index (χ0v) is 16.8. The van der Waals surface area contributed by atoms with Gasteiger partial charge in [-0.3, -0.25) is 4.90 Å². The van der Waals surface area contributed by atoms with Crippen LogP contribution in [-0.2, 0) is 6.54 Å². The van der Waals surface area contributed by atoms with Crippen LogP contribution in [0.25, 0.3) is 11.1 Å². The van der Waals surface area contributed by atoms with Crippen LogP contribution in [0.1, 0.15) is 32.3 Å². The molecular formula is C24H28ClN. The molecule has 2 bridgehead atoms. The molecule has 2 aromatic carbocycles. The normalized spacial score (nSPS) is 23.5. The zero-order valence-electron chi connectivity index (χ0n) is 16.0. The first-order valence-corrected chi connectivity index (χ1v) is 10.0. The monoisotopic (exact) mass is 365 g/mol. The first kappa shape index (κ1) is 17.8. The Balaban J connectivity index is 1.39. The molecule has 2 heteroatoms. The third-order valence-electron chi connectivity index (χ3n) is 6.60. The van der Waals surface area contributed by atoms with Crippen LogP contribution >= 0.6 is 11.6 Å². The Bertz CT molecular complexity index is 818. The van der Waals surface area contributed by atoms with Crippen LogP contribution in [0.3, 0.4) is 0 Å². The van der Waals surface area contributed by atoms with Gasteiger partial charge in [-0.05, 0) is 66.0 Å².